The first-order valence-corrected chi connectivity index (χ1v) is 12.4. The average Bonchev–Trinajstić information content (AvgIpc) is 2.64. The maximum Gasteiger partial charge on any atom is 0.416 e. The number of sulfone groups is 2. The van der Waals surface area contributed by atoms with E-state index in [4.69, 9.17) is 11.6 Å². The Hall–Kier alpha value is -2.11. The van der Waals surface area contributed by atoms with E-state index in [9.17, 15) is 34.8 Å². The lowest BCUT2D eigenvalue weighted by molar-refractivity contribution is -0.137. The van der Waals surface area contributed by atoms with Gasteiger partial charge in [0.1, 0.15) is 0 Å². The second kappa shape index (κ2) is 8.44. The Kier molecular flexibility index (Phi) is 6.85. The third-order valence-corrected chi connectivity index (χ3v) is 8.38. The van der Waals surface area contributed by atoms with Crippen LogP contribution in [0.15, 0.2) is 52.3 Å². The summed E-state index contributed by atoms with van der Waals surface area (Å²) in [6, 6.07) is 6.80. The number of alkyl halides is 3. The van der Waals surface area contributed by atoms with Crippen molar-refractivity contribution in [3.05, 3.63) is 58.6 Å². The number of hydrogen-bond acceptors (Lipinski definition) is 5. The SMILES string of the molecule is CC(C)(CNC(=O)c1ccc(S(C)(=O)=O)cc1Cl)S(=O)(=O)c1cccc(C(F)(F)F)c1. The molecule has 0 heterocycles. The maximum atomic E-state index is 12.9. The molecule has 2 rings (SSSR count). The molecule has 170 valence electrons. The van der Waals surface area contributed by atoms with Gasteiger partial charge in [0.15, 0.2) is 19.7 Å². The molecule has 0 aliphatic carbocycles. The monoisotopic (exact) mass is 497 g/mol. The number of carbonyl (C=O) groups is 1. The van der Waals surface area contributed by atoms with E-state index in [-0.39, 0.29) is 15.5 Å². The number of hydrogen-bond donors (Lipinski definition) is 1. The molecule has 2 aromatic carbocycles. The van der Waals surface area contributed by atoms with Crippen LogP contribution in [0, 0.1) is 0 Å². The molecule has 2 aromatic rings. The topological polar surface area (TPSA) is 97.4 Å². The Balaban J connectivity index is 2.25. The van der Waals surface area contributed by atoms with Gasteiger partial charge in [0.05, 0.1) is 30.7 Å². The predicted molar refractivity (Wildman–Crippen MR) is 110 cm³/mol. The van der Waals surface area contributed by atoms with Crippen LogP contribution >= 0.6 is 11.6 Å². The molecule has 0 bridgehead atoms. The summed E-state index contributed by atoms with van der Waals surface area (Å²) in [5.74, 6) is -0.766. The van der Waals surface area contributed by atoms with E-state index >= 15 is 0 Å². The van der Waals surface area contributed by atoms with Gasteiger partial charge in [0.2, 0.25) is 0 Å². The van der Waals surface area contributed by atoms with Gasteiger partial charge in [-0.15, -0.1) is 0 Å². The van der Waals surface area contributed by atoms with Crippen LogP contribution < -0.4 is 5.32 Å². The first kappa shape index (κ1) is 25.2. The molecule has 0 radical (unpaired) electrons. The lowest BCUT2D eigenvalue weighted by Gasteiger charge is -2.25. The van der Waals surface area contributed by atoms with Crippen molar-refractivity contribution in [2.24, 2.45) is 0 Å². The molecule has 31 heavy (non-hydrogen) atoms. The van der Waals surface area contributed by atoms with Crippen molar-refractivity contribution in [3.8, 4) is 0 Å². The molecule has 0 unspecified atom stereocenters. The molecule has 0 fully saturated rings. The fraction of sp³-hybridized carbons (Fsp3) is 0.316. The summed E-state index contributed by atoms with van der Waals surface area (Å²) in [6.45, 7) is 2.09. The second-order valence-corrected chi connectivity index (χ2v) is 12.4. The van der Waals surface area contributed by atoms with Crippen LogP contribution in [-0.2, 0) is 25.9 Å². The van der Waals surface area contributed by atoms with Crippen molar-refractivity contribution in [3.63, 3.8) is 0 Å². The molecular weight excluding hydrogens is 479 g/mol. The van der Waals surface area contributed by atoms with E-state index < -0.39 is 53.5 Å². The number of nitrogens with one attached hydrogen (secondary N) is 1. The molecular formula is C19H19ClF3NO5S2. The van der Waals surface area contributed by atoms with Gasteiger partial charge in [-0.05, 0) is 50.2 Å². The van der Waals surface area contributed by atoms with E-state index in [1.165, 1.54) is 26.0 Å². The van der Waals surface area contributed by atoms with Crippen molar-refractivity contribution in [2.45, 2.75) is 34.6 Å². The smallest absolute Gasteiger partial charge is 0.350 e. The van der Waals surface area contributed by atoms with Gasteiger partial charge in [-0.1, -0.05) is 17.7 Å². The van der Waals surface area contributed by atoms with Crippen molar-refractivity contribution in [2.75, 3.05) is 12.8 Å². The summed E-state index contributed by atoms with van der Waals surface area (Å²) in [4.78, 5) is 11.8. The summed E-state index contributed by atoms with van der Waals surface area (Å²) < 4.78 is 86.0. The Morgan fingerprint density at radius 3 is 2.13 bits per heavy atom. The standard InChI is InChI=1S/C19H19ClF3NO5S2/c1-18(2,31(28,29)14-6-4-5-12(9-14)19(21,22)23)11-24-17(25)15-8-7-13(10-16(15)20)30(3,26)27/h4-10H,11H2,1-3H3,(H,24,25). The Labute approximate surface area is 183 Å². The lowest BCUT2D eigenvalue weighted by Crippen LogP contribution is -2.44. The zero-order chi connectivity index (χ0) is 23.8. The molecule has 0 spiro atoms. The highest BCUT2D eigenvalue weighted by Crippen LogP contribution is 2.33. The molecule has 1 amide bonds. The first-order valence-electron chi connectivity index (χ1n) is 8.66. The Morgan fingerprint density at radius 1 is 1.00 bits per heavy atom. The quantitative estimate of drug-likeness (QED) is 0.655. The van der Waals surface area contributed by atoms with Crippen molar-refractivity contribution < 1.29 is 34.8 Å². The molecule has 6 nitrogen and oxygen atoms in total. The van der Waals surface area contributed by atoms with Gasteiger partial charge in [0, 0.05) is 12.8 Å². The average molecular weight is 498 g/mol. The third-order valence-electron chi connectivity index (χ3n) is 4.49. The van der Waals surface area contributed by atoms with E-state index in [2.05, 4.69) is 5.32 Å². The van der Waals surface area contributed by atoms with Gasteiger partial charge in [-0.3, -0.25) is 4.79 Å². The van der Waals surface area contributed by atoms with Crippen molar-refractivity contribution >= 4 is 37.2 Å². The van der Waals surface area contributed by atoms with E-state index in [0.717, 1.165) is 30.5 Å². The molecule has 0 saturated heterocycles. The van der Waals surface area contributed by atoms with Crippen LogP contribution in [0.4, 0.5) is 13.2 Å². The number of benzene rings is 2. The second-order valence-electron chi connectivity index (χ2n) is 7.39. The molecule has 0 aromatic heterocycles. The summed E-state index contributed by atoms with van der Waals surface area (Å²) in [5, 5.41) is 2.23. The molecule has 0 aliphatic rings. The van der Waals surface area contributed by atoms with Crippen LogP contribution in [0.25, 0.3) is 0 Å². The molecule has 0 atom stereocenters. The van der Waals surface area contributed by atoms with Gasteiger partial charge < -0.3 is 5.32 Å². The van der Waals surface area contributed by atoms with Crippen LogP contribution in [0.5, 0.6) is 0 Å². The zero-order valence-corrected chi connectivity index (χ0v) is 19.0. The van der Waals surface area contributed by atoms with Crippen LogP contribution in [0.2, 0.25) is 5.02 Å². The summed E-state index contributed by atoms with van der Waals surface area (Å²) in [5.41, 5.74) is -1.19. The molecule has 12 heteroatoms. The highest BCUT2D eigenvalue weighted by atomic mass is 35.5. The number of rotatable bonds is 6. The fourth-order valence-corrected chi connectivity index (χ4v) is 4.97. The fourth-order valence-electron chi connectivity index (χ4n) is 2.55. The third kappa shape index (κ3) is 5.58. The maximum absolute atomic E-state index is 12.9. The largest absolute Gasteiger partial charge is 0.416 e. The van der Waals surface area contributed by atoms with E-state index in [0.29, 0.717) is 6.07 Å². The summed E-state index contributed by atoms with van der Waals surface area (Å²) in [7, 11) is -7.81. The minimum atomic E-state index is -4.71. The van der Waals surface area contributed by atoms with Crippen LogP contribution in [-0.4, -0.2) is 40.3 Å². The number of carbonyl (C=O) groups excluding carboxylic acids is 1. The normalized spacial score (nSPS) is 13.1. The van der Waals surface area contributed by atoms with Gasteiger partial charge in [-0.2, -0.15) is 13.2 Å². The minimum absolute atomic E-state index is 0.0821. The van der Waals surface area contributed by atoms with Gasteiger partial charge >= 0.3 is 6.18 Å². The highest BCUT2D eigenvalue weighted by molar-refractivity contribution is 7.92. The van der Waals surface area contributed by atoms with Crippen LogP contribution in [0.3, 0.4) is 0 Å². The van der Waals surface area contributed by atoms with E-state index in [1.54, 1.807) is 0 Å². The summed E-state index contributed by atoms with van der Waals surface area (Å²) >= 11 is 5.98. The molecule has 0 saturated carbocycles. The molecule has 0 aliphatic heterocycles. The lowest BCUT2D eigenvalue weighted by atomic mass is 10.1. The minimum Gasteiger partial charge on any atom is -0.350 e. The Bertz CT molecular complexity index is 1220. The zero-order valence-electron chi connectivity index (χ0n) is 16.6. The van der Waals surface area contributed by atoms with Gasteiger partial charge in [-0.25, -0.2) is 16.8 Å². The highest BCUT2D eigenvalue weighted by Gasteiger charge is 2.38. The Morgan fingerprint density at radius 2 is 1.61 bits per heavy atom. The molecule has 1 N–H and O–H groups in total. The number of halogens is 4. The summed E-state index contributed by atoms with van der Waals surface area (Å²) in [6.07, 6.45) is -3.74. The van der Waals surface area contributed by atoms with Crippen molar-refractivity contribution in [1.82, 2.24) is 5.32 Å². The van der Waals surface area contributed by atoms with Crippen molar-refractivity contribution in [1.29, 1.82) is 0 Å². The van der Waals surface area contributed by atoms with E-state index in [1.807, 2.05) is 0 Å². The number of amides is 1. The van der Waals surface area contributed by atoms with Gasteiger partial charge in [0.25, 0.3) is 5.91 Å². The predicted octanol–water partition coefficient (Wildman–Crippen LogP) is 3.74. The van der Waals surface area contributed by atoms with Crippen LogP contribution in [0.1, 0.15) is 29.8 Å². The first-order chi connectivity index (χ1) is 14.0.